The van der Waals surface area contributed by atoms with Crippen molar-refractivity contribution in [3.63, 3.8) is 0 Å². The summed E-state index contributed by atoms with van der Waals surface area (Å²) in [5.41, 5.74) is 0. The summed E-state index contributed by atoms with van der Waals surface area (Å²) >= 11 is 0. The lowest BCUT2D eigenvalue weighted by atomic mass is 10.4. The largest absolute Gasteiger partial charge is 0.370 e. The Morgan fingerprint density at radius 2 is 2.00 bits per heavy atom. The van der Waals surface area contributed by atoms with Crippen LogP contribution in [0.1, 0.15) is 13.3 Å². The van der Waals surface area contributed by atoms with Gasteiger partial charge >= 0.3 is 0 Å². The molecule has 0 bridgehead atoms. The van der Waals surface area contributed by atoms with Crippen LogP contribution in [-0.2, 0) is 4.74 Å². The van der Waals surface area contributed by atoms with Gasteiger partial charge in [-0.25, -0.2) is 0 Å². The number of rotatable bonds is 3. The smallest absolute Gasteiger partial charge is 0.0943 e. The van der Waals surface area contributed by atoms with Crippen molar-refractivity contribution in [1.29, 1.82) is 0 Å². The molecule has 0 unspecified atom stereocenters. The summed E-state index contributed by atoms with van der Waals surface area (Å²) in [6, 6.07) is 0. The van der Waals surface area contributed by atoms with Crippen molar-refractivity contribution in [2.75, 3.05) is 6.61 Å². The normalized spacial score (nSPS) is 17.4. The summed E-state index contributed by atoms with van der Waals surface area (Å²) in [6.07, 6.45) is 9.48. The fourth-order valence-corrected chi connectivity index (χ4v) is 0.777. The fourth-order valence-electron chi connectivity index (χ4n) is 0.777. The van der Waals surface area contributed by atoms with Crippen molar-refractivity contribution in [1.82, 2.24) is 0 Å². The Morgan fingerprint density at radius 3 is 2.56 bits per heavy atom. The highest BCUT2D eigenvalue weighted by atomic mass is 16.5. The quantitative estimate of drug-likeness (QED) is 0.558. The third-order valence-electron chi connectivity index (χ3n) is 1.23. The summed E-state index contributed by atoms with van der Waals surface area (Å²) in [6.45, 7) is 2.97. The molecule has 9 heavy (non-hydrogen) atoms. The zero-order valence-corrected chi connectivity index (χ0v) is 5.71. The van der Waals surface area contributed by atoms with E-state index in [4.69, 9.17) is 4.74 Å². The molecule has 0 fully saturated rings. The predicted octanol–water partition coefficient (Wildman–Crippen LogP) is 1.91. The fraction of sp³-hybridized carbons (Fsp3) is 0.500. The first-order valence-electron chi connectivity index (χ1n) is 3.40. The molecule has 0 saturated carbocycles. The second kappa shape index (κ2) is 3.46. The van der Waals surface area contributed by atoms with E-state index in [0.29, 0.717) is 0 Å². The lowest BCUT2D eigenvalue weighted by Gasteiger charge is -2.04. The summed E-state index contributed by atoms with van der Waals surface area (Å²) < 4.78 is 5.38. The highest BCUT2D eigenvalue weighted by Gasteiger charge is 2.00. The molecule has 0 aromatic heterocycles. The van der Waals surface area contributed by atoms with E-state index >= 15 is 0 Å². The van der Waals surface area contributed by atoms with Gasteiger partial charge in [0, 0.05) is 6.61 Å². The van der Waals surface area contributed by atoms with Crippen LogP contribution in [0.5, 0.6) is 0 Å². The predicted molar refractivity (Wildman–Crippen MR) is 38.3 cm³/mol. The van der Waals surface area contributed by atoms with Crippen molar-refractivity contribution < 1.29 is 4.74 Å². The van der Waals surface area contributed by atoms with E-state index in [1.54, 1.807) is 0 Å². The average molecular weight is 124 g/mol. The molecule has 0 N–H and O–H groups in total. The molecule has 1 rings (SSSR count). The SMILES string of the molecule is CCCOC1C=CC=C1. The lowest BCUT2D eigenvalue weighted by Crippen LogP contribution is -2.04. The maximum absolute atomic E-state index is 5.38. The van der Waals surface area contributed by atoms with E-state index in [9.17, 15) is 0 Å². The van der Waals surface area contributed by atoms with Gasteiger partial charge < -0.3 is 4.74 Å². The Kier molecular flexibility index (Phi) is 2.52. The number of hydrogen-bond acceptors (Lipinski definition) is 1. The highest BCUT2D eigenvalue weighted by molar-refractivity contribution is 5.18. The van der Waals surface area contributed by atoms with Gasteiger partial charge in [-0.2, -0.15) is 0 Å². The van der Waals surface area contributed by atoms with E-state index in [0.717, 1.165) is 13.0 Å². The van der Waals surface area contributed by atoms with Crippen LogP contribution in [0.25, 0.3) is 0 Å². The van der Waals surface area contributed by atoms with Gasteiger partial charge in [0.1, 0.15) is 0 Å². The van der Waals surface area contributed by atoms with Crippen molar-refractivity contribution in [3.05, 3.63) is 24.3 Å². The van der Waals surface area contributed by atoms with Crippen molar-refractivity contribution in [2.24, 2.45) is 0 Å². The zero-order chi connectivity index (χ0) is 6.53. The first-order valence-corrected chi connectivity index (χ1v) is 3.40. The molecule has 0 aromatic carbocycles. The monoisotopic (exact) mass is 124 g/mol. The molecule has 0 saturated heterocycles. The van der Waals surface area contributed by atoms with Crippen molar-refractivity contribution in [2.45, 2.75) is 19.4 Å². The van der Waals surface area contributed by atoms with Crippen LogP contribution in [0, 0.1) is 0 Å². The minimum absolute atomic E-state index is 0.255. The number of hydrogen-bond donors (Lipinski definition) is 0. The van der Waals surface area contributed by atoms with Gasteiger partial charge in [-0.3, -0.25) is 0 Å². The van der Waals surface area contributed by atoms with Crippen LogP contribution in [0.4, 0.5) is 0 Å². The molecule has 0 amide bonds. The minimum Gasteiger partial charge on any atom is -0.370 e. The molecule has 0 atom stereocenters. The van der Waals surface area contributed by atoms with Gasteiger partial charge in [0.2, 0.25) is 0 Å². The molecule has 0 radical (unpaired) electrons. The van der Waals surface area contributed by atoms with Gasteiger partial charge in [0.05, 0.1) is 6.10 Å². The number of ether oxygens (including phenoxy) is 1. The molecule has 0 spiro atoms. The number of allylic oxidation sites excluding steroid dienone is 2. The molecular formula is C8H12O. The summed E-state index contributed by atoms with van der Waals surface area (Å²) in [5, 5.41) is 0. The van der Waals surface area contributed by atoms with E-state index in [2.05, 4.69) is 19.1 Å². The Balaban J connectivity index is 2.13. The zero-order valence-electron chi connectivity index (χ0n) is 5.71. The van der Waals surface area contributed by atoms with Crippen LogP contribution < -0.4 is 0 Å². The van der Waals surface area contributed by atoms with Gasteiger partial charge in [-0.1, -0.05) is 31.2 Å². The Morgan fingerprint density at radius 1 is 1.33 bits per heavy atom. The topological polar surface area (TPSA) is 9.23 Å². The summed E-state index contributed by atoms with van der Waals surface area (Å²) in [4.78, 5) is 0. The third kappa shape index (κ3) is 2.02. The molecule has 0 aliphatic heterocycles. The van der Waals surface area contributed by atoms with Crippen LogP contribution in [-0.4, -0.2) is 12.7 Å². The van der Waals surface area contributed by atoms with E-state index < -0.39 is 0 Å². The van der Waals surface area contributed by atoms with Crippen LogP contribution in [0.2, 0.25) is 0 Å². The molecule has 1 nitrogen and oxygen atoms in total. The molecule has 1 aliphatic carbocycles. The van der Waals surface area contributed by atoms with E-state index in [-0.39, 0.29) is 6.10 Å². The Labute approximate surface area is 56.0 Å². The van der Waals surface area contributed by atoms with Crippen LogP contribution in [0.15, 0.2) is 24.3 Å². The summed E-state index contributed by atoms with van der Waals surface area (Å²) in [5.74, 6) is 0. The highest BCUT2D eigenvalue weighted by Crippen LogP contribution is 2.03. The Bertz CT molecular complexity index is 113. The Hall–Kier alpha value is -0.560. The van der Waals surface area contributed by atoms with Gasteiger partial charge in [0.15, 0.2) is 0 Å². The van der Waals surface area contributed by atoms with Crippen molar-refractivity contribution in [3.8, 4) is 0 Å². The molecule has 0 heterocycles. The summed E-state index contributed by atoms with van der Waals surface area (Å²) in [7, 11) is 0. The molecule has 0 aromatic rings. The van der Waals surface area contributed by atoms with E-state index in [1.165, 1.54) is 0 Å². The first-order chi connectivity index (χ1) is 4.43. The standard InChI is InChI=1S/C8H12O/c1-2-7-9-8-5-3-4-6-8/h3-6,8H,2,7H2,1H3. The second-order valence-corrected chi connectivity index (χ2v) is 2.11. The minimum atomic E-state index is 0.255. The van der Waals surface area contributed by atoms with Crippen LogP contribution in [0.3, 0.4) is 0 Å². The van der Waals surface area contributed by atoms with E-state index in [1.807, 2.05) is 12.2 Å². The maximum atomic E-state index is 5.38. The molecular weight excluding hydrogens is 112 g/mol. The second-order valence-electron chi connectivity index (χ2n) is 2.11. The molecule has 50 valence electrons. The third-order valence-corrected chi connectivity index (χ3v) is 1.23. The lowest BCUT2D eigenvalue weighted by molar-refractivity contribution is 0.117. The first kappa shape index (κ1) is 6.56. The average Bonchev–Trinajstić information content (AvgIpc) is 2.34. The molecule has 1 heteroatoms. The van der Waals surface area contributed by atoms with Crippen molar-refractivity contribution >= 4 is 0 Å². The van der Waals surface area contributed by atoms with Gasteiger partial charge in [-0.05, 0) is 6.42 Å². The van der Waals surface area contributed by atoms with Crippen LogP contribution >= 0.6 is 0 Å². The maximum Gasteiger partial charge on any atom is 0.0943 e. The van der Waals surface area contributed by atoms with Gasteiger partial charge in [-0.15, -0.1) is 0 Å². The van der Waals surface area contributed by atoms with Gasteiger partial charge in [0.25, 0.3) is 0 Å². The molecule has 1 aliphatic rings.